The molecule has 0 atom stereocenters. The summed E-state index contributed by atoms with van der Waals surface area (Å²) in [5.41, 5.74) is 6.79. The third-order valence-corrected chi connectivity index (χ3v) is 3.15. The van der Waals surface area contributed by atoms with Gasteiger partial charge in [-0.3, -0.25) is 0 Å². The number of hydrogen-bond acceptors (Lipinski definition) is 2. The molecule has 1 rings (SSSR count). The first-order valence-electron chi connectivity index (χ1n) is 5.08. The van der Waals surface area contributed by atoms with Gasteiger partial charge < -0.3 is 10.8 Å². The summed E-state index contributed by atoms with van der Waals surface area (Å²) in [5.74, 6) is 0.245. The molecule has 0 aromatic rings. The third-order valence-electron chi connectivity index (χ3n) is 2.29. The van der Waals surface area contributed by atoms with Crippen molar-refractivity contribution in [3.05, 3.63) is 45.8 Å². The average molecular weight is 273 g/mol. The van der Waals surface area contributed by atoms with Crippen LogP contribution in [0.5, 0.6) is 0 Å². The molecular formula is C12H14Cl2N2O. The zero-order chi connectivity index (χ0) is 13.0. The second kappa shape index (κ2) is 5.94. The minimum atomic E-state index is 0.0652. The second-order valence-corrected chi connectivity index (χ2v) is 4.34. The van der Waals surface area contributed by atoms with Crippen molar-refractivity contribution in [3.63, 3.8) is 0 Å². The van der Waals surface area contributed by atoms with Gasteiger partial charge in [-0.15, -0.1) is 0 Å². The highest BCUT2D eigenvalue weighted by Crippen LogP contribution is 2.31. The number of nitrogens with zero attached hydrogens (tertiary/aromatic N) is 1. The lowest BCUT2D eigenvalue weighted by molar-refractivity contribution is 0.412. The SMILES string of the molecule is C=CC(C(N)=NC1=C(Cl)C(Cl)=CCC1)=C(C)O. The summed E-state index contributed by atoms with van der Waals surface area (Å²) in [4.78, 5) is 4.19. The van der Waals surface area contributed by atoms with Crippen molar-refractivity contribution >= 4 is 29.0 Å². The molecule has 0 spiro atoms. The Balaban J connectivity index is 3.13. The number of aliphatic imine (C=N–C) groups is 1. The Hall–Kier alpha value is -1.19. The number of amidine groups is 1. The summed E-state index contributed by atoms with van der Waals surface area (Å²) in [7, 11) is 0. The zero-order valence-corrected chi connectivity index (χ0v) is 11.0. The van der Waals surface area contributed by atoms with Gasteiger partial charge in [-0.2, -0.15) is 0 Å². The standard InChI is InChI=1S/C12H14Cl2N2O/c1-3-8(7(2)17)12(15)16-10-6-4-5-9(13)11(10)14/h3,5,17H,1,4,6H2,2H3,(H2,15,16). The molecule has 17 heavy (non-hydrogen) atoms. The predicted octanol–water partition coefficient (Wildman–Crippen LogP) is 3.73. The van der Waals surface area contributed by atoms with Crippen LogP contribution < -0.4 is 5.73 Å². The van der Waals surface area contributed by atoms with Gasteiger partial charge in [-0.1, -0.05) is 41.9 Å². The molecule has 3 nitrogen and oxygen atoms in total. The van der Waals surface area contributed by atoms with Gasteiger partial charge in [0.2, 0.25) is 0 Å². The molecule has 0 saturated carbocycles. The van der Waals surface area contributed by atoms with E-state index in [9.17, 15) is 5.11 Å². The molecule has 0 fully saturated rings. The Labute approximate surface area is 111 Å². The Morgan fingerprint density at radius 3 is 2.76 bits per heavy atom. The molecule has 1 aliphatic rings. The fourth-order valence-corrected chi connectivity index (χ4v) is 1.85. The number of halogens is 2. The molecule has 0 unspecified atom stereocenters. The van der Waals surface area contributed by atoms with Crippen LogP contribution in [-0.2, 0) is 0 Å². The van der Waals surface area contributed by atoms with E-state index in [1.165, 1.54) is 13.0 Å². The number of rotatable bonds is 3. The maximum Gasteiger partial charge on any atom is 0.134 e. The first kappa shape index (κ1) is 13.9. The molecule has 92 valence electrons. The van der Waals surface area contributed by atoms with Gasteiger partial charge in [0.25, 0.3) is 0 Å². The molecule has 0 heterocycles. The maximum atomic E-state index is 9.39. The molecule has 0 aromatic heterocycles. The van der Waals surface area contributed by atoms with Gasteiger partial charge in [-0.05, 0) is 19.8 Å². The Kier molecular flexibility index (Phi) is 4.85. The van der Waals surface area contributed by atoms with Crippen LogP contribution in [0.4, 0.5) is 0 Å². The Morgan fingerprint density at radius 1 is 1.59 bits per heavy atom. The molecule has 0 bridgehead atoms. The van der Waals surface area contributed by atoms with Crippen LogP contribution >= 0.6 is 23.2 Å². The average Bonchev–Trinajstić information content (AvgIpc) is 2.25. The highest BCUT2D eigenvalue weighted by molar-refractivity contribution is 6.44. The maximum absolute atomic E-state index is 9.39. The summed E-state index contributed by atoms with van der Waals surface area (Å²) in [6.45, 7) is 5.08. The smallest absolute Gasteiger partial charge is 0.134 e. The van der Waals surface area contributed by atoms with Crippen LogP contribution in [0.2, 0.25) is 0 Å². The summed E-state index contributed by atoms with van der Waals surface area (Å²) in [6.07, 6.45) is 4.72. The van der Waals surface area contributed by atoms with Crippen LogP contribution in [-0.4, -0.2) is 10.9 Å². The van der Waals surface area contributed by atoms with Crippen LogP contribution in [0.1, 0.15) is 19.8 Å². The van der Waals surface area contributed by atoms with E-state index in [1.54, 1.807) is 0 Å². The van der Waals surface area contributed by atoms with E-state index in [2.05, 4.69) is 11.6 Å². The molecule has 0 radical (unpaired) electrons. The van der Waals surface area contributed by atoms with E-state index in [1.807, 2.05) is 6.08 Å². The van der Waals surface area contributed by atoms with Crippen molar-refractivity contribution in [3.8, 4) is 0 Å². The Morgan fingerprint density at radius 2 is 2.24 bits per heavy atom. The van der Waals surface area contributed by atoms with Gasteiger partial charge in [0.05, 0.1) is 21.3 Å². The van der Waals surface area contributed by atoms with Crippen molar-refractivity contribution in [2.24, 2.45) is 10.7 Å². The first-order valence-corrected chi connectivity index (χ1v) is 5.84. The van der Waals surface area contributed by atoms with E-state index in [0.717, 1.165) is 6.42 Å². The lowest BCUT2D eigenvalue weighted by Crippen LogP contribution is -2.16. The highest BCUT2D eigenvalue weighted by atomic mass is 35.5. The van der Waals surface area contributed by atoms with Gasteiger partial charge in [-0.25, -0.2) is 4.99 Å². The highest BCUT2D eigenvalue weighted by Gasteiger charge is 2.13. The van der Waals surface area contributed by atoms with E-state index in [-0.39, 0.29) is 11.6 Å². The van der Waals surface area contributed by atoms with Crippen LogP contribution in [0.3, 0.4) is 0 Å². The topological polar surface area (TPSA) is 58.6 Å². The summed E-state index contributed by atoms with van der Waals surface area (Å²) in [6, 6.07) is 0. The summed E-state index contributed by atoms with van der Waals surface area (Å²) in [5, 5.41) is 10.3. The molecule has 0 aliphatic heterocycles. The number of allylic oxidation sites excluding steroid dienone is 5. The van der Waals surface area contributed by atoms with Crippen molar-refractivity contribution < 1.29 is 5.11 Å². The monoisotopic (exact) mass is 272 g/mol. The minimum absolute atomic E-state index is 0.0652. The van der Waals surface area contributed by atoms with Gasteiger partial charge >= 0.3 is 0 Å². The van der Waals surface area contributed by atoms with Gasteiger partial charge in [0.15, 0.2) is 0 Å². The molecule has 0 amide bonds. The van der Waals surface area contributed by atoms with Crippen LogP contribution in [0, 0.1) is 0 Å². The van der Waals surface area contributed by atoms with Gasteiger partial charge in [0.1, 0.15) is 11.6 Å². The fraction of sp³-hybridized carbons (Fsp3) is 0.250. The third kappa shape index (κ3) is 3.38. The Bertz CT molecular complexity index is 455. The zero-order valence-electron chi connectivity index (χ0n) is 9.50. The van der Waals surface area contributed by atoms with E-state index >= 15 is 0 Å². The van der Waals surface area contributed by atoms with Crippen LogP contribution in [0.15, 0.2) is 50.8 Å². The van der Waals surface area contributed by atoms with Crippen molar-refractivity contribution in [2.45, 2.75) is 19.8 Å². The number of aliphatic hydroxyl groups is 1. The van der Waals surface area contributed by atoms with E-state index < -0.39 is 0 Å². The number of nitrogens with two attached hydrogens (primary N) is 1. The fourth-order valence-electron chi connectivity index (χ4n) is 1.42. The largest absolute Gasteiger partial charge is 0.512 e. The quantitative estimate of drug-likeness (QED) is 0.356. The van der Waals surface area contributed by atoms with E-state index in [0.29, 0.717) is 27.8 Å². The molecule has 3 N–H and O–H groups in total. The molecule has 0 saturated heterocycles. The minimum Gasteiger partial charge on any atom is -0.512 e. The second-order valence-electron chi connectivity index (χ2n) is 3.55. The number of hydrogen-bond donors (Lipinski definition) is 2. The first-order chi connectivity index (χ1) is 7.97. The normalized spacial score (nSPS) is 18.8. The summed E-state index contributed by atoms with van der Waals surface area (Å²) >= 11 is 11.9. The van der Waals surface area contributed by atoms with Crippen molar-refractivity contribution in [1.82, 2.24) is 0 Å². The molecular weight excluding hydrogens is 259 g/mol. The molecule has 1 aliphatic carbocycles. The van der Waals surface area contributed by atoms with Crippen molar-refractivity contribution in [2.75, 3.05) is 0 Å². The molecule has 0 aromatic carbocycles. The molecule has 5 heteroatoms. The van der Waals surface area contributed by atoms with Gasteiger partial charge in [0, 0.05) is 0 Å². The van der Waals surface area contributed by atoms with Crippen molar-refractivity contribution in [1.29, 1.82) is 0 Å². The number of aliphatic hydroxyl groups excluding tert-OH is 1. The predicted molar refractivity (Wildman–Crippen MR) is 73.2 cm³/mol. The lowest BCUT2D eigenvalue weighted by Gasteiger charge is -2.11. The van der Waals surface area contributed by atoms with Crippen LogP contribution in [0.25, 0.3) is 0 Å². The summed E-state index contributed by atoms with van der Waals surface area (Å²) < 4.78 is 0. The lowest BCUT2D eigenvalue weighted by atomic mass is 10.1. The van der Waals surface area contributed by atoms with E-state index in [4.69, 9.17) is 28.9 Å².